The molecule has 1 heterocycles. The monoisotopic (exact) mass is 433 g/mol. The summed E-state index contributed by atoms with van der Waals surface area (Å²) in [6.07, 6.45) is 1.76. The minimum Gasteiger partial charge on any atom is -0.489 e. The highest BCUT2D eigenvalue weighted by Gasteiger charge is 2.08. The molecule has 30 heavy (non-hydrogen) atoms. The number of halogens is 1. The van der Waals surface area contributed by atoms with E-state index in [4.69, 9.17) is 16.3 Å². The highest BCUT2D eigenvalue weighted by molar-refractivity contribution is 7.15. The Kier molecular flexibility index (Phi) is 6.42. The number of anilines is 1. The zero-order valence-electron chi connectivity index (χ0n) is 16.4. The Labute approximate surface area is 184 Å². The molecule has 0 saturated carbocycles. The molecule has 0 spiro atoms. The van der Waals surface area contributed by atoms with E-state index in [1.54, 1.807) is 17.6 Å². The van der Waals surface area contributed by atoms with Crippen molar-refractivity contribution < 1.29 is 4.74 Å². The standard InChI is InChI=1S/C24H20ClN3OS/c1-17-23(19-7-3-2-4-8-19)27-24(30-17)28-26-15-18-11-13-21(14-12-18)29-16-20-9-5-6-10-22(20)25/h2-15H,16H2,1H3,(H,27,28)/b26-15+. The SMILES string of the molecule is Cc1sc(N/N=C/c2ccc(OCc3ccccc3Cl)cc2)nc1-c1ccccc1. The second kappa shape index (κ2) is 9.57. The molecule has 0 bridgehead atoms. The molecule has 0 fully saturated rings. The van der Waals surface area contributed by atoms with Crippen molar-refractivity contribution in [2.45, 2.75) is 13.5 Å². The van der Waals surface area contributed by atoms with Crippen molar-refractivity contribution in [1.82, 2.24) is 4.98 Å². The summed E-state index contributed by atoms with van der Waals surface area (Å²) in [5, 5.41) is 5.78. The third-order valence-corrected chi connectivity index (χ3v) is 5.69. The predicted octanol–water partition coefficient (Wildman–Crippen LogP) is 6.80. The number of hydrogen-bond donors (Lipinski definition) is 1. The van der Waals surface area contributed by atoms with Crippen LogP contribution in [0, 0.1) is 6.92 Å². The first kappa shape index (κ1) is 20.1. The maximum Gasteiger partial charge on any atom is 0.204 e. The van der Waals surface area contributed by atoms with Gasteiger partial charge in [-0.2, -0.15) is 5.10 Å². The number of nitrogens with zero attached hydrogens (tertiary/aromatic N) is 2. The lowest BCUT2D eigenvalue weighted by Gasteiger charge is -2.07. The lowest BCUT2D eigenvalue weighted by Crippen LogP contribution is -1.96. The maximum atomic E-state index is 6.16. The number of ether oxygens (including phenoxy) is 1. The number of hydrazone groups is 1. The van der Waals surface area contributed by atoms with Crippen LogP contribution in [0.4, 0.5) is 5.13 Å². The molecule has 0 aliphatic heterocycles. The summed E-state index contributed by atoms with van der Waals surface area (Å²) in [6, 6.07) is 25.6. The van der Waals surface area contributed by atoms with Crippen molar-refractivity contribution in [3.63, 3.8) is 0 Å². The molecular formula is C24H20ClN3OS. The van der Waals surface area contributed by atoms with Crippen LogP contribution in [0.3, 0.4) is 0 Å². The summed E-state index contributed by atoms with van der Waals surface area (Å²) in [5.41, 5.74) is 7.04. The Morgan fingerprint density at radius 1 is 1.00 bits per heavy atom. The van der Waals surface area contributed by atoms with Crippen molar-refractivity contribution in [1.29, 1.82) is 0 Å². The topological polar surface area (TPSA) is 46.5 Å². The summed E-state index contributed by atoms with van der Waals surface area (Å²) in [5.74, 6) is 0.781. The molecule has 4 rings (SSSR count). The Morgan fingerprint density at radius 2 is 1.73 bits per heavy atom. The molecule has 0 amide bonds. The van der Waals surface area contributed by atoms with E-state index in [0.717, 1.165) is 38.1 Å². The quantitative estimate of drug-likeness (QED) is 0.257. The van der Waals surface area contributed by atoms with Gasteiger partial charge in [0, 0.05) is 21.0 Å². The first-order chi connectivity index (χ1) is 14.7. The first-order valence-electron chi connectivity index (χ1n) is 9.47. The summed E-state index contributed by atoms with van der Waals surface area (Å²) in [7, 11) is 0. The lowest BCUT2D eigenvalue weighted by molar-refractivity contribution is 0.306. The number of benzene rings is 3. The Hall–Kier alpha value is -3.15. The molecule has 3 aromatic carbocycles. The predicted molar refractivity (Wildman–Crippen MR) is 126 cm³/mol. The lowest BCUT2D eigenvalue weighted by atomic mass is 10.1. The molecule has 6 heteroatoms. The van der Waals surface area contributed by atoms with E-state index in [2.05, 4.69) is 34.6 Å². The fourth-order valence-electron chi connectivity index (χ4n) is 2.90. The normalized spacial score (nSPS) is 11.0. The number of rotatable bonds is 7. The van der Waals surface area contributed by atoms with E-state index >= 15 is 0 Å². The van der Waals surface area contributed by atoms with Gasteiger partial charge in [-0.3, -0.25) is 5.43 Å². The van der Waals surface area contributed by atoms with E-state index < -0.39 is 0 Å². The van der Waals surface area contributed by atoms with Gasteiger partial charge in [0.15, 0.2) is 0 Å². The van der Waals surface area contributed by atoms with E-state index in [1.165, 1.54) is 0 Å². The van der Waals surface area contributed by atoms with Gasteiger partial charge in [-0.05, 0) is 42.8 Å². The number of thiazole rings is 1. The van der Waals surface area contributed by atoms with Crippen LogP contribution in [0.25, 0.3) is 11.3 Å². The zero-order valence-corrected chi connectivity index (χ0v) is 18.0. The molecule has 0 atom stereocenters. The maximum absolute atomic E-state index is 6.16. The molecule has 0 aliphatic rings. The smallest absolute Gasteiger partial charge is 0.204 e. The third-order valence-electron chi connectivity index (χ3n) is 4.45. The van der Waals surface area contributed by atoms with Gasteiger partial charge in [0.05, 0.1) is 11.9 Å². The van der Waals surface area contributed by atoms with Gasteiger partial charge in [-0.1, -0.05) is 60.1 Å². The fourth-order valence-corrected chi connectivity index (χ4v) is 3.87. The molecule has 0 radical (unpaired) electrons. The van der Waals surface area contributed by atoms with Crippen LogP contribution >= 0.6 is 22.9 Å². The van der Waals surface area contributed by atoms with Crippen LogP contribution in [0.15, 0.2) is 84.0 Å². The number of aryl methyl sites for hydroxylation is 1. The van der Waals surface area contributed by atoms with E-state index in [9.17, 15) is 0 Å². The molecule has 4 nitrogen and oxygen atoms in total. The van der Waals surface area contributed by atoms with Gasteiger partial charge in [-0.15, -0.1) is 11.3 Å². The van der Waals surface area contributed by atoms with Crippen LogP contribution < -0.4 is 10.2 Å². The van der Waals surface area contributed by atoms with Crippen LogP contribution in [0.1, 0.15) is 16.0 Å². The minimum absolute atomic E-state index is 0.432. The average Bonchev–Trinajstić information content (AvgIpc) is 3.15. The van der Waals surface area contributed by atoms with Crippen molar-refractivity contribution >= 4 is 34.3 Å². The number of aromatic nitrogens is 1. The Morgan fingerprint density at radius 3 is 2.50 bits per heavy atom. The van der Waals surface area contributed by atoms with Gasteiger partial charge < -0.3 is 4.74 Å². The van der Waals surface area contributed by atoms with Crippen molar-refractivity contribution in [2.75, 3.05) is 5.43 Å². The summed E-state index contributed by atoms with van der Waals surface area (Å²) < 4.78 is 5.81. The molecule has 150 valence electrons. The largest absolute Gasteiger partial charge is 0.489 e. The van der Waals surface area contributed by atoms with Crippen molar-refractivity contribution in [3.05, 3.63) is 99.9 Å². The molecule has 4 aromatic rings. The van der Waals surface area contributed by atoms with E-state index in [-0.39, 0.29) is 0 Å². The van der Waals surface area contributed by atoms with Crippen LogP contribution in [0.5, 0.6) is 5.75 Å². The van der Waals surface area contributed by atoms with Crippen LogP contribution in [-0.2, 0) is 6.61 Å². The summed E-state index contributed by atoms with van der Waals surface area (Å²) in [6.45, 7) is 2.50. The molecule has 1 aromatic heterocycles. The van der Waals surface area contributed by atoms with E-state index in [0.29, 0.717) is 11.6 Å². The van der Waals surface area contributed by atoms with Crippen LogP contribution in [0.2, 0.25) is 5.02 Å². The zero-order chi connectivity index (χ0) is 20.8. The van der Waals surface area contributed by atoms with Gasteiger partial charge in [-0.25, -0.2) is 4.98 Å². The minimum atomic E-state index is 0.432. The van der Waals surface area contributed by atoms with E-state index in [1.807, 2.05) is 66.7 Å². The second-order valence-electron chi connectivity index (χ2n) is 6.61. The molecule has 0 aliphatic carbocycles. The van der Waals surface area contributed by atoms with Gasteiger partial charge in [0.1, 0.15) is 12.4 Å². The van der Waals surface area contributed by atoms with Gasteiger partial charge in [0.2, 0.25) is 5.13 Å². The highest BCUT2D eigenvalue weighted by Crippen LogP contribution is 2.30. The van der Waals surface area contributed by atoms with Crippen LogP contribution in [-0.4, -0.2) is 11.2 Å². The van der Waals surface area contributed by atoms with Gasteiger partial charge in [0.25, 0.3) is 0 Å². The summed E-state index contributed by atoms with van der Waals surface area (Å²) >= 11 is 7.75. The Bertz CT molecular complexity index is 1140. The molecular weight excluding hydrogens is 414 g/mol. The average molecular weight is 434 g/mol. The fraction of sp³-hybridized carbons (Fsp3) is 0.0833. The third kappa shape index (κ3) is 5.06. The highest BCUT2D eigenvalue weighted by atomic mass is 35.5. The first-order valence-corrected chi connectivity index (χ1v) is 10.7. The molecule has 0 saturated heterocycles. The molecule has 0 unspecified atom stereocenters. The Balaban J connectivity index is 1.34. The molecule has 1 N–H and O–H groups in total. The van der Waals surface area contributed by atoms with Crippen molar-refractivity contribution in [2.24, 2.45) is 5.10 Å². The number of hydrogen-bond acceptors (Lipinski definition) is 5. The number of nitrogens with one attached hydrogen (secondary N) is 1. The van der Waals surface area contributed by atoms with Crippen molar-refractivity contribution in [3.8, 4) is 17.0 Å². The second-order valence-corrected chi connectivity index (χ2v) is 8.22. The van der Waals surface area contributed by atoms with Gasteiger partial charge >= 0.3 is 0 Å². The summed E-state index contributed by atoms with van der Waals surface area (Å²) in [4.78, 5) is 5.80.